The van der Waals surface area contributed by atoms with Gasteiger partial charge in [-0.15, -0.1) is 0 Å². The summed E-state index contributed by atoms with van der Waals surface area (Å²) in [4.78, 5) is 9.53. The fraction of sp³-hybridized carbons (Fsp3) is 0.750. The third-order valence-corrected chi connectivity index (χ3v) is 1.92. The largest absolute Gasteiger partial charge is 0.342 e. The maximum absolute atomic E-state index is 5.83. The van der Waals surface area contributed by atoms with Crippen LogP contribution in [0.15, 0.2) is 11.8 Å². The van der Waals surface area contributed by atoms with Gasteiger partial charge in [0.15, 0.2) is 0 Å². The topological polar surface area (TPSA) is 70.5 Å². The predicted octanol–water partition coefficient (Wildman–Crippen LogP) is 0.287. The molecule has 1 heterocycles. The molecule has 0 amide bonds. The molecule has 4 N–H and O–H groups in total. The van der Waals surface area contributed by atoms with Crippen LogP contribution in [0, 0.1) is 0 Å². The zero-order valence-electron chi connectivity index (χ0n) is 7.54. The van der Waals surface area contributed by atoms with E-state index in [1.54, 1.807) is 0 Å². The first-order valence-corrected chi connectivity index (χ1v) is 4.03. The minimum Gasteiger partial charge on any atom is -0.342 e. The summed E-state index contributed by atoms with van der Waals surface area (Å²) in [5.41, 5.74) is 11.3. The summed E-state index contributed by atoms with van der Waals surface area (Å²) in [6.45, 7) is 4.30. The highest BCUT2D eigenvalue weighted by Crippen LogP contribution is 2.16. The highest BCUT2D eigenvalue weighted by molar-refractivity contribution is 5.01. The van der Waals surface area contributed by atoms with Crippen molar-refractivity contribution in [3.8, 4) is 0 Å². The maximum atomic E-state index is 5.83. The van der Waals surface area contributed by atoms with Gasteiger partial charge in [0.05, 0.1) is 0 Å². The first-order chi connectivity index (χ1) is 5.50. The molecule has 4 nitrogen and oxygen atoms in total. The lowest BCUT2D eigenvalue weighted by Gasteiger charge is -2.26. The Balaban J connectivity index is 2.40. The SMILES string of the molecule is CC(C)(N)C(N)CC1=CCOO1. The van der Waals surface area contributed by atoms with Gasteiger partial charge in [-0.2, -0.15) is 4.89 Å². The lowest BCUT2D eigenvalue weighted by molar-refractivity contribution is -0.236. The third kappa shape index (κ3) is 2.48. The fourth-order valence-corrected chi connectivity index (χ4v) is 0.868. The molecule has 0 spiro atoms. The van der Waals surface area contributed by atoms with Crippen molar-refractivity contribution in [2.45, 2.75) is 31.8 Å². The van der Waals surface area contributed by atoms with E-state index in [1.807, 2.05) is 19.9 Å². The second kappa shape index (κ2) is 3.43. The lowest BCUT2D eigenvalue weighted by Crippen LogP contribution is -2.50. The van der Waals surface area contributed by atoms with Crippen LogP contribution in [0.3, 0.4) is 0 Å². The lowest BCUT2D eigenvalue weighted by atomic mass is 9.93. The second-order valence-corrected chi connectivity index (χ2v) is 3.67. The van der Waals surface area contributed by atoms with E-state index in [4.69, 9.17) is 16.4 Å². The molecule has 1 rings (SSSR count). The zero-order chi connectivity index (χ0) is 9.19. The predicted molar refractivity (Wildman–Crippen MR) is 46.0 cm³/mol. The summed E-state index contributed by atoms with van der Waals surface area (Å²) < 4.78 is 0. The molecular formula is C8H16N2O2. The van der Waals surface area contributed by atoms with E-state index in [-0.39, 0.29) is 11.6 Å². The van der Waals surface area contributed by atoms with Crippen LogP contribution in [0.5, 0.6) is 0 Å². The summed E-state index contributed by atoms with van der Waals surface area (Å²) in [6.07, 6.45) is 2.50. The quantitative estimate of drug-likeness (QED) is 0.600. The van der Waals surface area contributed by atoms with Crippen LogP contribution in [0.2, 0.25) is 0 Å². The van der Waals surface area contributed by atoms with Crippen LogP contribution >= 0.6 is 0 Å². The molecule has 1 atom stereocenters. The third-order valence-electron chi connectivity index (χ3n) is 1.92. The van der Waals surface area contributed by atoms with Crippen molar-refractivity contribution >= 4 is 0 Å². The van der Waals surface area contributed by atoms with Gasteiger partial charge < -0.3 is 16.4 Å². The van der Waals surface area contributed by atoms with Crippen LogP contribution < -0.4 is 11.5 Å². The molecule has 0 fully saturated rings. The molecule has 0 saturated carbocycles. The smallest absolute Gasteiger partial charge is 0.142 e. The zero-order valence-corrected chi connectivity index (χ0v) is 7.54. The van der Waals surface area contributed by atoms with Gasteiger partial charge in [0.1, 0.15) is 12.4 Å². The van der Waals surface area contributed by atoms with E-state index in [2.05, 4.69) is 4.89 Å². The molecule has 12 heavy (non-hydrogen) atoms. The van der Waals surface area contributed by atoms with Gasteiger partial charge in [0.25, 0.3) is 0 Å². The van der Waals surface area contributed by atoms with Gasteiger partial charge in [-0.1, -0.05) is 0 Å². The Hall–Kier alpha value is -0.580. The van der Waals surface area contributed by atoms with Crippen molar-refractivity contribution < 1.29 is 9.78 Å². The Morgan fingerprint density at radius 3 is 2.75 bits per heavy atom. The minimum absolute atomic E-state index is 0.106. The molecule has 1 aliphatic heterocycles. The van der Waals surface area contributed by atoms with E-state index in [9.17, 15) is 0 Å². The molecular weight excluding hydrogens is 156 g/mol. The first kappa shape index (κ1) is 9.51. The molecule has 0 saturated heterocycles. The number of nitrogens with two attached hydrogens (primary N) is 2. The van der Waals surface area contributed by atoms with Crippen molar-refractivity contribution in [3.63, 3.8) is 0 Å². The highest BCUT2D eigenvalue weighted by atomic mass is 17.2. The van der Waals surface area contributed by atoms with Gasteiger partial charge in [0, 0.05) is 18.0 Å². The summed E-state index contributed by atoms with van der Waals surface area (Å²) in [6, 6.07) is -0.106. The second-order valence-electron chi connectivity index (χ2n) is 3.67. The Bertz CT molecular complexity index is 184. The molecule has 0 aromatic heterocycles. The summed E-state index contributed by atoms with van der Waals surface area (Å²) in [7, 11) is 0. The number of hydrogen-bond acceptors (Lipinski definition) is 4. The molecule has 4 heteroatoms. The van der Waals surface area contributed by atoms with Gasteiger partial charge in [-0.3, -0.25) is 0 Å². The summed E-state index contributed by atoms with van der Waals surface area (Å²) in [5.74, 6) is 0.779. The molecule has 0 aromatic carbocycles. The fourth-order valence-electron chi connectivity index (χ4n) is 0.868. The summed E-state index contributed by atoms with van der Waals surface area (Å²) in [5, 5.41) is 0. The van der Waals surface area contributed by atoms with Crippen molar-refractivity contribution in [2.24, 2.45) is 11.5 Å². The van der Waals surface area contributed by atoms with Crippen molar-refractivity contribution in [2.75, 3.05) is 6.61 Å². The highest BCUT2D eigenvalue weighted by Gasteiger charge is 2.24. The van der Waals surface area contributed by atoms with Crippen LogP contribution in [0.25, 0.3) is 0 Å². The van der Waals surface area contributed by atoms with E-state index in [0.29, 0.717) is 13.0 Å². The minimum atomic E-state index is -0.382. The van der Waals surface area contributed by atoms with Gasteiger partial charge in [0.2, 0.25) is 0 Å². The van der Waals surface area contributed by atoms with Crippen molar-refractivity contribution in [3.05, 3.63) is 11.8 Å². The van der Waals surface area contributed by atoms with E-state index >= 15 is 0 Å². The molecule has 0 aliphatic carbocycles. The molecule has 1 aliphatic rings. The van der Waals surface area contributed by atoms with E-state index in [0.717, 1.165) is 5.76 Å². The van der Waals surface area contributed by atoms with Crippen LogP contribution in [0.1, 0.15) is 20.3 Å². The first-order valence-electron chi connectivity index (χ1n) is 4.03. The Kier molecular flexibility index (Phi) is 2.72. The number of hydrogen-bond donors (Lipinski definition) is 2. The van der Waals surface area contributed by atoms with Crippen molar-refractivity contribution in [1.82, 2.24) is 0 Å². The molecule has 0 bridgehead atoms. The Morgan fingerprint density at radius 2 is 2.33 bits per heavy atom. The maximum Gasteiger partial charge on any atom is 0.142 e. The van der Waals surface area contributed by atoms with Crippen LogP contribution in [-0.2, 0) is 9.78 Å². The molecule has 0 radical (unpaired) electrons. The van der Waals surface area contributed by atoms with Crippen LogP contribution in [-0.4, -0.2) is 18.2 Å². The Labute approximate surface area is 72.4 Å². The standard InChI is InChI=1S/C8H16N2O2/c1-8(2,10)7(9)5-6-3-4-11-12-6/h3,7H,4-5,9-10H2,1-2H3. The van der Waals surface area contributed by atoms with Gasteiger partial charge >= 0.3 is 0 Å². The monoisotopic (exact) mass is 172 g/mol. The van der Waals surface area contributed by atoms with E-state index < -0.39 is 0 Å². The number of rotatable bonds is 3. The van der Waals surface area contributed by atoms with Crippen LogP contribution in [0.4, 0.5) is 0 Å². The molecule has 0 aromatic rings. The average Bonchev–Trinajstić information content (AvgIpc) is 2.37. The van der Waals surface area contributed by atoms with Gasteiger partial charge in [-0.05, 0) is 19.9 Å². The average molecular weight is 172 g/mol. The normalized spacial score (nSPS) is 20.2. The Morgan fingerprint density at radius 1 is 1.67 bits per heavy atom. The van der Waals surface area contributed by atoms with E-state index in [1.165, 1.54) is 0 Å². The molecule has 1 unspecified atom stereocenters. The summed E-state index contributed by atoms with van der Waals surface area (Å²) >= 11 is 0. The van der Waals surface area contributed by atoms with Gasteiger partial charge in [-0.25, -0.2) is 0 Å². The van der Waals surface area contributed by atoms with Crippen molar-refractivity contribution in [1.29, 1.82) is 0 Å². The molecule has 70 valence electrons.